The van der Waals surface area contributed by atoms with Gasteiger partial charge in [-0.3, -0.25) is 28.8 Å². The topological polar surface area (TPSA) is 163 Å². The van der Waals surface area contributed by atoms with E-state index in [1.165, 1.54) is 77.0 Å². The van der Waals surface area contributed by atoms with E-state index in [0.717, 1.165) is 38.5 Å². The zero-order valence-electron chi connectivity index (χ0n) is 43.5. The number of rotatable bonds is 28. The van der Waals surface area contributed by atoms with Gasteiger partial charge in [0.25, 0.3) is 29.5 Å². The molecule has 0 fully saturated rings. The zero-order valence-corrected chi connectivity index (χ0v) is 43.5. The highest BCUT2D eigenvalue weighted by molar-refractivity contribution is 6.04. The second kappa shape index (κ2) is 31.4. The molecule has 0 aliphatic carbocycles. The van der Waals surface area contributed by atoms with E-state index in [2.05, 4.69) is 47.4 Å². The predicted octanol–water partition coefficient (Wildman–Crippen LogP) is 11.9. The van der Waals surface area contributed by atoms with Gasteiger partial charge in [0, 0.05) is 70.4 Å². The molecule has 0 saturated heterocycles. The van der Waals surface area contributed by atoms with Crippen LogP contribution in [0, 0.1) is 5.41 Å². The third kappa shape index (κ3) is 27.2. The lowest BCUT2D eigenvalue weighted by Crippen LogP contribution is -2.41. The highest BCUT2D eigenvalue weighted by atomic mass is 16.2. The first-order chi connectivity index (χ1) is 31.0. The van der Waals surface area contributed by atoms with Gasteiger partial charge in [0.1, 0.15) is 5.78 Å². The van der Waals surface area contributed by atoms with E-state index in [9.17, 15) is 28.8 Å². The number of carbonyl (C=O) groups is 6. The summed E-state index contributed by atoms with van der Waals surface area (Å²) in [5.74, 6) is -1.19. The molecule has 0 atom stereocenters. The molecule has 11 nitrogen and oxygen atoms in total. The van der Waals surface area contributed by atoms with Crippen molar-refractivity contribution in [3.05, 3.63) is 69.8 Å². The van der Waals surface area contributed by atoms with E-state index < -0.39 is 16.5 Å². The SMILES string of the molecule is CC(C)(C)NC(=O)c1cc(CC(=O)C(C)(C)C)cc(C(=O)NC(C)(C)C)c1.CCCCCCCCNC(=O)c1cc(C(=O)NCCCCCCCC)cc(C(=O)NCCCCCCCC)c1. The summed E-state index contributed by atoms with van der Waals surface area (Å²) in [4.78, 5) is 76.5. The standard InChI is InChI=1S/C33H57N3O3.C22H34N2O3/c1-4-7-10-13-16-19-22-34-31(37)28-25-29(32(38)35-23-20-17-14-11-8-5-2)27-30(26-28)33(39)36-24-21-18-15-12-9-6-3;1-20(2,3)17(25)12-14-10-15(18(26)23-21(4,5)6)13-16(11-14)19(27)24-22(7,8)9/h25-27H,4-24H2,1-3H3,(H,34,37)(H,35,38)(H,36,39);10-11,13H,12H2,1-9H3,(H,23,26)(H,24,27). The molecule has 0 spiro atoms. The van der Waals surface area contributed by atoms with Gasteiger partial charge in [-0.15, -0.1) is 0 Å². The fraction of sp³-hybridized carbons (Fsp3) is 0.673. The van der Waals surface area contributed by atoms with Gasteiger partial charge in [-0.1, -0.05) is 138 Å². The summed E-state index contributed by atoms with van der Waals surface area (Å²) in [6, 6.07) is 9.79. The van der Waals surface area contributed by atoms with Crippen LogP contribution >= 0.6 is 0 Å². The summed E-state index contributed by atoms with van der Waals surface area (Å²) >= 11 is 0. The number of Topliss-reactive ketones (excluding diaryl/α,β-unsaturated/α-hetero) is 1. The Kier molecular flexibility index (Phi) is 28.3. The Morgan fingerprint density at radius 2 is 0.621 bits per heavy atom. The van der Waals surface area contributed by atoms with Crippen LogP contribution in [0.4, 0.5) is 0 Å². The molecule has 0 saturated carbocycles. The number of unbranched alkanes of at least 4 members (excludes halogenated alkanes) is 15. The van der Waals surface area contributed by atoms with Crippen molar-refractivity contribution in [2.75, 3.05) is 19.6 Å². The van der Waals surface area contributed by atoms with E-state index in [-0.39, 0.29) is 41.7 Å². The maximum Gasteiger partial charge on any atom is 0.251 e. The Bertz CT molecular complexity index is 1640. The molecule has 0 radical (unpaired) electrons. The molecular formula is C55H91N5O6. The van der Waals surface area contributed by atoms with Crippen molar-refractivity contribution in [2.24, 2.45) is 5.41 Å². The molecule has 0 bridgehead atoms. The van der Waals surface area contributed by atoms with Gasteiger partial charge in [-0.05, 0) is 103 Å². The Hall–Kier alpha value is -4.54. The second-order valence-electron chi connectivity index (χ2n) is 21.0. The van der Waals surface area contributed by atoms with Gasteiger partial charge in [-0.25, -0.2) is 0 Å². The average molecular weight is 918 g/mol. The minimum Gasteiger partial charge on any atom is -0.352 e. The third-order valence-electron chi connectivity index (χ3n) is 10.9. The Morgan fingerprint density at radius 1 is 0.364 bits per heavy atom. The molecule has 2 rings (SSSR count). The fourth-order valence-corrected chi connectivity index (χ4v) is 6.98. The lowest BCUT2D eigenvalue weighted by Gasteiger charge is -2.23. The van der Waals surface area contributed by atoms with Crippen LogP contribution in [0.2, 0.25) is 0 Å². The number of amides is 5. The quantitative estimate of drug-likeness (QED) is 0.0534. The maximum absolute atomic E-state index is 12.9. The lowest BCUT2D eigenvalue weighted by molar-refractivity contribution is -0.125. The van der Waals surface area contributed by atoms with Crippen LogP contribution < -0.4 is 26.6 Å². The monoisotopic (exact) mass is 918 g/mol. The van der Waals surface area contributed by atoms with Crippen molar-refractivity contribution in [3.63, 3.8) is 0 Å². The highest BCUT2D eigenvalue weighted by Gasteiger charge is 2.25. The summed E-state index contributed by atoms with van der Waals surface area (Å²) in [6.07, 6.45) is 20.9. The molecule has 0 aliphatic heterocycles. The summed E-state index contributed by atoms with van der Waals surface area (Å²) in [6.45, 7) is 25.3. The van der Waals surface area contributed by atoms with Crippen molar-refractivity contribution in [2.45, 2.75) is 216 Å². The number of carbonyl (C=O) groups excluding carboxylic acids is 6. The molecule has 11 heteroatoms. The van der Waals surface area contributed by atoms with Gasteiger partial charge >= 0.3 is 0 Å². The van der Waals surface area contributed by atoms with Crippen LogP contribution in [0.5, 0.6) is 0 Å². The molecule has 0 aromatic heterocycles. The van der Waals surface area contributed by atoms with E-state index in [1.807, 2.05) is 62.3 Å². The van der Waals surface area contributed by atoms with E-state index in [0.29, 0.717) is 53.0 Å². The van der Waals surface area contributed by atoms with E-state index in [4.69, 9.17) is 0 Å². The average Bonchev–Trinajstić information content (AvgIpc) is 3.23. The van der Waals surface area contributed by atoms with Gasteiger partial charge in [0.2, 0.25) is 0 Å². The number of ketones is 1. The Labute approximate surface area is 400 Å². The number of hydrogen-bond acceptors (Lipinski definition) is 6. The number of benzene rings is 2. The molecule has 5 N–H and O–H groups in total. The minimum atomic E-state index is -0.489. The smallest absolute Gasteiger partial charge is 0.251 e. The van der Waals surface area contributed by atoms with Crippen LogP contribution in [0.3, 0.4) is 0 Å². The van der Waals surface area contributed by atoms with Crippen LogP contribution in [0.1, 0.15) is 256 Å². The summed E-state index contributed by atoms with van der Waals surface area (Å²) in [7, 11) is 0. The number of nitrogens with one attached hydrogen (secondary N) is 5. The van der Waals surface area contributed by atoms with Crippen molar-refractivity contribution >= 4 is 35.3 Å². The lowest BCUT2D eigenvalue weighted by atomic mass is 9.86. The first-order valence-electron chi connectivity index (χ1n) is 25.3. The van der Waals surface area contributed by atoms with Gasteiger partial charge in [-0.2, -0.15) is 0 Å². The molecule has 372 valence electrons. The first kappa shape index (κ1) is 59.5. The third-order valence-corrected chi connectivity index (χ3v) is 10.9. The normalized spacial score (nSPS) is 11.5. The first-order valence-corrected chi connectivity index (χ1v) is 25.3. The van der Waals surface area contributed by atoms with E-state index >= 15 is 0 Å². The summed E-state index contributed by atoms with van der Waals surface area (Å²) in [5.41, 5.74) is 1.21. The molecule has 2 aromatic carbocycles. The van der Waals surface area contributed by atoms with Gasteiger partial charge < -0.3 is 26.6 Å². The molecular weight excluding hydrogens is 827 g/mol. The second-order valence-corrected chi connectivity index (χ2v) is 21.0. The van der Waals surface area contributed by atoms with E-state index in [1.54, 1.807) is 36.4 Å². The van der Waals surface area contributed by atoms with Crippen LogP contribution in [-0.4, -0.2) is 66.0 Å². The van der Waals surface area contributed by atoms with Crippen LogP contribution in [0.25, 0.3) is 0 Å². The fourth-order valence-electron chi connectivity index (χ4n) is 6.98. The summed E-state index contributed by atoms with van der Waals surface area (Å²) < 4.78 is 0. The summed E-state index contributed by atoms with van der Waals surface area (Å²) in [5, 5.41) is 14.7. The van der Waals surface area contributed by atoms with Crippen LogP contribution in [0.15, 0.2) is 36.4 Å². The van der Waals surface area contributed by atoms with Crippen molar-refractivity contribution in [1.82, 2.24) is 26.6 Å². The van der Waals surface area contributed by atoms with Gasteiger partial charge in [0.15, 0.2) is 0 Å². The molecule has 2 aromatic rings. The zero-order chi connectivity index (χ0) is 49.8. The molecule has 0 aliphatic rings. The molecule has 0 unspecified atom stereocenters. The van der Waals surface area contributed by atoms with Crippen molar-refractivity contribution in [3.8, 4) is 0 Å². The molecule has 5 amide bonds. The molecule has 66 heavy (non-hydrogen) atoms. The van der Waals surface area contributed by atoms with Crippen molar-refractivity contribution < 1.29 is 28.8 Å². The Balaban J connectivity index is 0.000000705. The minimum absolute atomic E-state index is 0.0538. The van der Waals surface area contributed by atoms with Gasteiger partial charge in [0.05, 0.1) is 0 Å². The number of hydrogen-bond donors (Lipinski definition) is 5. The largest absolute Gasteiger partial charge is 0.352 e. The highest BCUT2D eigenvalue weighted by Crippen LogP contribution is 2.21. The molecule has 0 heterocycles. The maximum atomic E-state index is 12.9. The Morgan fingerprint density at radius 3 is 0.879 bits per heavy atom. The van der Waals surface area contributed by atoms with Crippen LogP contribution in [-0.2, 0) is 11.2 Å². The van der Waals surface area contributed by atoms with Crippen molar-refractivity contribution in [1.29, 1.82) is 0 Å². The predicted molar refractivity (Wildman–Crippen MR) is 273 cm³/mol.